The molecule has 3 nitrogen and oxygen atoms in total. The van der Waals surface area contributed by atoms with Crippen LogP contribution >= 0.6 is 11.3 Å². The Bertz CT molecular complexity index is 226. The van der Waals surface area contributed by atoms with Crippen LogP contribution in [0.3, 0.4) is 0 Å². The van der Waals surface area contributed by atoms with Crippen LogP contribution in [0.2, 0.25) is 0 Å². The zero-order valence-electron chi connectivity index (χ0n) is 8.66. The molecule has 1 aromatic rings. The van der Waals surface area contributed by atoms with Crippen molar-refractivity contribution in [1.82, 2.24) is 5.32 Å². The van der Waals surface area contributed by atoms with Gasteiger partial charge in [0.25, 0.3) is 0 Å². The van der Waals surface area contributed by atoms with Crippen molar-refractivity contribution in [2.24, 2.45) is 0 Å². The lowest BCUT2D eigenvalue weighted by Crippen LogP contribution is -2.31. The second-order valence-electron chi connectivity index (χ2n) is 3.08. The SMILES string of the molecule is COCC(CNCc1ccsc1)OC. The lowest BCUT2D eigenvalue weighted by Gasteiger charge is -2.14. The normalized spacial score (nSPS) is 13.0. The Hall–Kier alpha value is -0.420. The van der Waals surface area contributed by atoms with Crippen LogP contribution in [0.15, 0.2) is 16.8 Å². The minimum atomic E-state index is 0.138. The van der Waals surface area contributed by atoms with Gasteiger partial charge in [0.1, 0.15) is 0 Å². The third kappa shape index (κ3) is 4.19. The van der Waals surface area contributed by atoms with E-state index in [-0.39, 0.29) is 6.10 Å². The molecule has 0 fully saturated rings. The molecule has 1 rings (SSSR count). The van der Waals surface area contributed by atoms with E-state index in [1.807, 2.05) is 0 Å². The van der Waals surface area contributed by atoms with Gasteiger partial charge in [0.15, 0.2) is 0 Å². The first-order chi connectivity index (χ1) is 6.86. The number of hydrogen-bond acceptors (Lipinski definition) is 4. The predicted molar refractivity (Wildman–Crippen MR) is 58.7 cm³/mol. The van der Waals surface area contributed by atoms with Gasteiger partial charge in [-0.3, -0.25) is 0 Å². The first-order valence-corrected chi connectivity index (χ1v) is 5.54. The summed E-state index contributed by atoms with van der Waals surface area (Å²) in [6, 6.07) is 2.12. The molecule has 0 aromatic carbocycles. The van der Waals surface area contributed by atoms with Gasteiger partial charge in [-0.1, -0.05) is 0 Å². The molecule has 0 saturated heterocycles. The van der Waals surface area contributed by atoms with E-state index in [0.29, 0.717) is 6.61 Å². The summed E-state index contributed by atoms with van der Waals surface area (Å²) in [5.41, 5.74) is 1.32. The summed E-state index contributed by atoms with van der Waals surface area (Å²) in [4.78, 5) is 0. The largest absolute Gasteiger partial charge is 0.382 e. The lowest BCUT2D eigenvalue weighted by atomic mass is 10.3. The molecule has 0 bridgehead atoms. The highest BCUT2D eigenvalue weighted by atomic mass is 32.1. The van der Waals surface area contributed by atoms with E-state index < -0.39 is 0 Å². The molecule has 0 amide bonds. The van der Waals surface area contributed by atoms with E-state index in [2.05, 4.69) is 22.1 Å². The van der Waals surface area contributed by atoms with Crippen LogP contribution in [-0.4, -0.2) is 33.5 Å². The molecule has 1 heterocycles. The zero-order chi connectivity index (χ0) is 10.2. The molecule has 0 saturated carbocycles. The van der Waals surface area contributed by atoms with E-state index >= 15 is 0 Å². The van der Waals surface area contributed by atoms with Gasteiger partial charge in [0.05, 0.1) is 12.7 Å². The number of methoxy groups -OCH3 is 2. The molecule has 1 N–H and O–H groups in total. The van der Waals surface area contributed by atoms with Crippen LogP contribution in [0, 0.1) is 0 Å². The number of ether oxygens (including phenoxy) is 2. The molecule has 80 valence electrons. The standard InChI is InChI=1S/C10H17NO2S/c1-12-7-10(13-2)6-11-5-9-3-4-14-8-9/h3-4,8,10-11H,5-7H2,1-2H3. The molecule has 0 radical (unpaired) electrons. The Morgan fingerprint density at radius 2 is 2.36 bits per heavy atom. The molecular formula is C10H17NO2S. The van der Waals surface area contributed by atoms with Gasteiger partial charge >= 0.3 is 0 Å². The maximum atomic E-state index is 5.23. The molecule has 1 atom stereocenters. The van der Waals surface area contributed by atoms with Crippen molar-refractivity contribution >= 4 is 11.3 Å². The van der Waals surface area contributed by atoms with Crippen molar-refractivity contribution in [2.75, 3.05) is 27.4 Å². The Labute approximate surface area is 89.0 Å². The van der Waals surface area contributed by atoms with Gasteiger partial charge < -0.3 is 14.8 Å². The van der Waals surface area contributed by atoms with E-state index in [4.69, 9.17) is 9.47 Å². The first-order valence-electron chi connectivity index (χ1n) is 4.60. The Balaban J connectivity index is 2.13. The minimum Gasteiger partial charge on any atom is -0.382 e. The van der Waals surface area contributed by atoms with Crippen LogP contribution in [0.25, 0.3) is 0 Å². The average Bonchev–Trinajstić information content (AvgIpc) is 2.69. The number of nitrogens with one attached hydrogen (secondary N) is 1. The van der Waals surface area contributed by atoms with Gasteiger partial charge in [-0.25, -0.2) is 0 Å². The summed E-state index contributed by atoms with van der Waals surface area (Å²) in [6.07, 6.45) is 0.138. The van der Waals surface area contributed by atoms with Gasteiger partial charge in [0.2, 0.25) is 0 Å². The Morgan fingerprint density at radius 1 is 1.50 bits per heavy atom. The van der Waals surface area contributed by atoms with E-state index in [1.165, 1.54) is 5.56 Å². The van der Waals surface area contributed by atoms with Gasteiger partial charge in [-0.05, 0) is 22.4 Å². The third-order valence-corrected chi connectivity index (χ3v) is 2.70. The highest BCUT2D eigenvalue weighted by Crippen LogP contribution is 2.04. The van der Waals surface area contributed by atoms with Crippen LogP contribution < -0.4 is 5.32 Å². The van der Waals surface area contributed by atoms with E-state index in [0.717, 1.165) is 13.1 Å². The summed E-state index contributed by atoms with van der Waals surface area (Å²) in [7, 11) is 3.39. The van der Waals surface area contributed by atoms with Gasteiger partial charge in [0, 0.05) is 27.3 Å². The second kappa shape index (κ2) is 6.95. The lowest BCUT2D eigenvalue weighted by molar-refractivity contribution is 0.0288. The number of rotatable bonds is 7. The molecule has 0 aliphatic carbocycles. The second-order valence-corrected chi connectivity index (χ2v) is 3.86. The molecule has 4 heteroatoms. The highest BCUT2D eigenvalue weighted by Gasteiger charge is 2.05. The average molecular weight is 215 g/mol. The summed E-state index contributed by atoms with van der Waals surface area (Å²) >= 11 is 1.72. The quantitative estimate of drug-likeness (QED) is 0.747. The summed E-state index contributed by atoms with van der Waals surface area (Å²) in [5.74, 6) is 0. The van der Waals surface area contributed by atoms with Crippen LogP contribution in [0.1, 0.15) is 5.56 Å². The monoisotopic (exact) mass is 215 g/mol. The smallest absolute Gasteiger partial charge is 0.0928 e. The predicted octanol–water partition coefficient (Wildman–Crippen LogP) is 1.50. The van der Waals surface area contributed by atoms with Crippen LogP contribution in [0.5, 0.6) is 0 Å². The fraction of sp³-hybridized carbons (Fsp3) is 0.600. The van der Waals surface area contributed by atoms with Crippen molar-refractivity contribution in [1.29, 1.82) is 0 Å². The molecule has 0 aliphatic rings. The van der Waals surface area contributed by atoms with Crippen molar-refractivity contribution in [2.45, 2.75) is 12.6 Å². The Kier molecular flexibility index (Phi) is 5.78. The maximum absolute atomic E-state index is 5.23. The third-order valence-electron chi connectivity index (χ3n) is 1.97. The van der Waals surface area contributed by atoms with Crippen molar-refractivity contribution in [3.63, 3.8) is 0 Å². The van der Waals surface area contributed by atoms with E-state index in [9.17, 15) is 0 Å². The van der Waals surface area contributed by atoms with Gasteiger partial charge in [-0.2, -0.15) is 11.3 Å². The summed E-state index contributed by atoms with van der Waals surface area (Å²) < 4.78 is 10.2. The van der Waals surface area contributed by atoms with Crippen molar-refractivity contribution < 1.29 is 9.47 Å². The maximum Gasteiger partial charge on any atom is 0.0928 e. The number of hydrogen-bond donors (Lipinski definition) is 1. The molecule has 0 spiro atoms. The summed E-state index contributed by atoms with van der Waals surface area (Å²) in [5, 5.41) is 7.55. The van der Waals surface area contributed by atoms with Crippen LogP contribution in [0.4, 0.5) is 0 Å². The molecule has 14 heavy (non-hydrogen) atoms. The van der Waals surface area contributed by atoms with Crippen molar-refractivity contribution in [3.8, 4) is 0 Å². The minimum absolute atomic E-state index is 0.138. The molecular weight excluding hydrogens is 198 g/mol. The molecule has 1 unspecified atom stereocenters. The molecule has 0 aliphatic heterocycles. The zero-order valence-corrected chi connectivity index (χ0v) is 9.47. The first kappa shape index (κ1) is 11.7. The molecule has 1 aromatic heterocycles. The van der Waals surface area contributed by atoms with Crippen LogP contribution in [-0.2, 0) is 16.0 Å². The highest BCUT2D eigenvalue weighted by molar-refractivity contribution is 7.07. The fourth-order valence-corrected chi connectivity index (χ4v) is 1.84. The summed E-state index contributed by atoms with van der Waals surface area (Å²) in [6.45, 7) is 2.35. The fourth-order valence-electron chi connectivity index (χ4n) is 1.17. The van der Waals surface area contributed by atoms with Gasteiger partial charge in [-0.15, -0.1) is 0 Å². The van der Waals surface area contributed by atoms with Crippen molar-refractivity contribution in [3.05, 3.63) is 22.4 Å². The number of thiophene rings is 1. The van der Waals surface area contributed by atoms with E-state index in [1.54, 1.807) is 25.6 Å². The topological polar surface area (TPSA) is 30.5 Å². The Morgan fingerprint density at radius 3 is 2.93 bits per heavy atom.